The van der Waals surface area contributed by atoms with E-state index in [4.69, 9.17) is 27.9 Å². The van der Waals surface area contributed by atoms with E-state index in [-0.39, 0.29) is 12.0 Å². The third-order valence-corrected chi connectivity index (χ3v) is 7.56. The van der Waals surface area contributed by atoms with Gasteiger partial charge in [0, 0.05) is 21.5 Å². The van der Waals surface area contributed by atoms with Gasteiger partial charge in [-0.3, -0.25) is 0 Å². The summed E-state index contributed by atoms with van der Waals surface area (Å²) in [5.41, 5.74) is 2.55. The first-order chi connectivity index (χ1) is 14.9. The van der Waals surface area contributed by atoms with Gasteiger partial charge in [-0.25, -0.2) is 0 Å². The molecule has 5 atom stereocenters. The summed E-state index contributed by atoms with van der Waals surface area (Å²) >= 11 is 12.7. The molecular formula is C27H32Cl2NO+. The van der Waals surface area contributed by atoms with Gasteiger partial charge in [-0.05, 0) is 55.5 Å². The lowest BCUT2D eigenvalue weighted by Gasteiger charge is -2.28. The quantitative estimate of drug-likeness (QED) is 0.334. The molecule has 2 aliphatic rings. The highest BCUT2D eigenvalue weighted by Crippen LogP contribution is 2.47. The first-order valence-electron chi connectivity index (χ1n) is 11.3. The number of rotatable bonds is 5. The van der Waals surface area contributed by atoms with Gasteiger partial charge in [0.05, 0.1) is 11.8 Å². The lowest BCUT2D eigenvalue weighted by molar-refractivity contribution is -0.609. The normalized spacial score (nSPS) is 28.3. The Hall–Kier alpha value is -1.77. The van der Waals surface area contributed by atoms with Crippen LogP contribution in [0.4, 0.5) is 0 Å². The SMILES string of the molecule is C=CCC1C[C@H](c2cccc(Cl)c2)C(c2ccc(Cl)cc2)[N+]2=C(OCC2C(C)C)[C@@H]1C. The van der Waals surface area contributed by atoms with E-state index >= 15 is 0 Å². The molecule has 0 amide bonds. The molecule has 2 aromatic rings. The average Bonchev–Trinajstić information content (AvgIpc) is 3.14. The van der Waals surface area contributed by atoms with Crippen molar-refractivity contribution in [2.24, 2.45) is 17.8 Å². The van der Waals surface area contributed by atoms with Crippen LogP contribution in [0.25, 0.3) is 0 Å². The number of ether oxygens (including phenoxy) is 1. The topological polar surface area (TPSA) is 12.2 Å². The molecule has 3 unspecified atom stereocenters. The molecule has 31 heavy (non-hydrogen) atoms. The van der Waals surface area contributed by atoms with Crippen LogP contribution in [0.15, 0.2) is 61.2 Å². The van der Waals surface area contributed by atoms with E-state index in [1.807, 2.05) is 18.2 Å². The maximum absolute atomic E-state index is 6.46. The van der Waals surface area contributed by atoms with Gasteiger partial charge in [0.25, 0.3) is 0 Å². The summed E-state index contributed by atoms with van der Waals surface area (Å²) in [6.45, 7) is 11.7. The number of nitrogens with zero attached hydrogens (tertiary/aromatic N) is 1. The molecule has 0 saturated carbocycles. The summed E-state index contributed by atoms with van der Waals surface area (Å²) in [6, 6.07) is 17.2. The molecule has 0 spiro atoms. The summed E-state index contributed by atoms with van der Waals surface area (Å²) in [7, 11) is 0. The number of benzene rings is 2. The van der Waals surface area contributed by atoms with Crippen molar-refractivity contribution in [3.63, 3.8) is 0 Å². The van der Waals surface area contributed by atoms with Crippen LogP contribution in [0.1, 0.15) is 56.7 Å². The van der Waals surface area contributed by atoms with E-state index in [0.717, 1.165) is 35.4 Å². The van der Waals surface area contributed by atoms with Crippen LogP contribution in [-0.4, -0.2) is 23.1 Å². The van der Waals surface area contributed by atoms with Gasteiger partial charge < -0.3 is 4.74 Å². The zero-order valence-electron chi connectivity index (χ0n) is 18.6. The highest BCUT2D eigenvalue weighted by atomic mass is 35.5. The largest absolute Gasteiger partial charge is 0.441 e. The van der Waals surface area contributed by atoms with Crippen LogP contribution in [-0.2, 0) is 4.74 Å². The van der Waals surface area contributed by atoms with Crippen LogP contribution < -0.4 is 0 Å². The highest BCUT2D eigenvalue weighted by Gasteiger charge is 2.51. The smallest absolute Gasteiger partial charge is 0.340 e. The summed E-state index contributed by atoms with van der Waals surface area (Å²) in [6.07, 6.45) is 4.08. The van der Waals surface area contributed by atoms with E-state index < -0.39 is 0 Å². The molecule has 0 aliphatic carbocycles. The maximum Gasteiger partial charge on any atom is 0.340 e. The molecule has 2 nitrogen and oxygen atoms in total. The maximum atomic E-state index is 6.46. The fourth-order valence-electron chi connectivity index (χ4n) is 5.39. The number of allylic oxidation sites excluding steroid dienone is 1. The predicted octanol–water partition coefficient (Wildman–Crippen LogP) is 7.52. The Morgan fingerprint density at radius 2 is 1.84 bits per heavy atom. The summed E-state index contributed by atoms with van der Waals surface area (Å²) in [4.78, 5) is 0. The Bertz CT molecular complexity index is 965. The molecule has 0 bridgehead atoms. The van der Waals surface area contributed by atoms with Crippen molar-refractivity contribution in [3.8, 4) is 0 Å². The van der Waals surface area contributed by atoms with Gasteiger partial charge >= 0.3 is 5.90 Å². The molecule has 4 rings (SSSR count). The highest BCUT2D eigenvalue weighted by molar-refractivity contribution is 6.30. The van der Waals surface area contributed by atoms with Crippen molar-refractivity contribution in [2.45, 2.75) is 51.6 Å². The Kier molecular flexibility index (Phi) is 6.79. The van der Waals surface area contributed by atoms with Gasteiger partial charge in [-0.1, -0.05) is 67.4 Å². The fraction of sp³-hybridized carbons (Fsp3) is 0.444. The van der Waals surface area contributed by atoms with Crippen molar-refractivity contribution in [2.75, 3.05) is 6.61 Å². The Labute approximate surface area is 196 Å². The molecule has 2 aliphatic heterocycles. The van der Waals surface area contributed by atoms with Crippen LogP contribution in [0.2, 0.25) is 10.0 Å². The van der Waals surface area contributed by atoms with Crippen molar-refractivity contribution in [1.29, 1.82) is 0 Å². The van der Waals surface area contributed by atoms with Crippen molar-refractivity contribution in [3.05, 3.63) is 82.4 Å². The Morgan fingerprint density at radius 1 is 1.10 bits per heavy atom. The van der Waals surface area contributed by atoms with Crippen LogP contribution in [0, 0.1) is 17.8 Å². The van der Waals surface area contributed by atoms with Gasteiger partial charge in [0.15, 0.2) is 18.7 Å². The summed E-state index contributed by atoms with van der Waals surface area (Å²) < 4.78 is 9.03. The first-order valence-corrected chi connectivity index (χ1v) is 12.1. The van der Waals surface area contributed by atoms with Crippen LogP contribution >= 0.6 is 23.2 Å². The summed E-state index contributed by atoms with van der Waals surface area (Å²) in [5.74, 6) is 2.70. The number of hydrogen-bond acceptors (Lipinski definition) is 1. The van der Waals surface area contributed by atoms with E-state index in [2.05, 4.69) is 68.3 Å². The van der Waals surface area contributed by atoms with Crippen molar-refractivity contribution < 1.29 is 9.31 Å². The predicted molar refractivity (Wildman–Crippen MR) is 130 cm³/mol. The van der Waals surface area contributed by atoms with Gasteiger partial charge in [-0.15, -0.1) is 6.58 Å². The molecule has 0 radical (unpaired) electrons. The van der Waals surface area contributed by atoms with E-state index in [0.29, 0.717) is 23.8 Å². The van der Waals surface area contributed by atoms with Gasteiger partial charge in [-0.2, -0.15) is 4.58 Å². The lowest BCUT2D eigenvalue weighted by Crippen LogP contribution is -2.36. The van der Waals surface area contributed by atoms with Crippen molar-refractivity contribution >= 4 is 29.1 Å². The summed E-state index contributed by atoms with van der Waals surface area (Å²) in [5, 5.41) is 1.55. The second-order valence-corrected chi connectivity index (χ2v) is 10.2. The van der Waals surface area contributed by atoms with Crippen LogP contribution in [0.5, 0.6) is 0 Å². The standard InChI is InChI=1S/C27H32Cl2NO/c1-5-7-20-15-24(21-8-6-9-23(29)14-21)26(19-10-12-22(28)13-11-19)30-25(17(2)3)16-31-27(30)18(20)4/h5-6,8-14,17-18,20,24-26H,1,7,15-16H2,2-4H3/q+1/t18-,20?,24-,25?,26?/m1/s1. The second-order valence-electron chi connectivity index (χ2n) is 9.33. The molecule has 2 aromatic carbocycles. The zero-order chi connectivity index (χ0) is 22.1. The fourth-order valence-corrected chi connectivity index (χ4v) is 5.71. The zero-order valence-corrected chi connectivity index (χ0v) is 20.1. The average molecular weight is 457 g/mol. The third kappa shape index (κ3) is 4.43. The number of halogens is 2. The molecule has 0 aromatic heterocycles. The minimum absolute atomic E-state index is 0.165. The molecule has 0 fully saturated rings. The van der Waals surface area contributed by atoms with Crippen LogP contribution in [0.3, 0.4) is 0 Å². The molecule has 2 heterocycles. The van der Waals surface area contributed by atoms with Gasteiger partial charge in [0.2, 0.25) is 0 Å². The second kappa shape index (κ2) is 9.38. The Morgan fingerprint density at radius 3 is 2.48 bits per heavy atom. The van der Waals surface area contributed by atoms with E-state index in [9.17, 15) is 0 Å². The molecular weight excluding hydrogens is 425 g/mol. The number of hydrogen-bond donors (Lipinski definition) is 0. The lowest BCUT2D eigenvalue weighted by atomic mass is 9.77. The molecule has 0 N–H and O–H groups in total. The van der Waals surface area contributed by atoms with Crippen molar-refractivity contribution in [1.82, 2.24) is 0 Å². The molecule has 4 heteroatoms. The molecule has 0 saturated heterocycles. The first kappa shape index (κ1) is 22.4. The Balaban J connectivity index is 1.94. The monoisotopic (exact) mass is 456 g/mol. The van der Waals surface area contributed by atoms with E-state index in [1.54, 1.807) is 0 Å². The minimum Gasteiger partial charge on any atom is -0.441 e. The molecule has 164 valence electrons. The van der Waals surface area contributed by atoms with E-state index in [1.165, 1.54) is 11.1 Å². The third-order valence-electron chi connectivity index (χ3n) is 7.08. The van der Waals surface area contributed by atoms with Gasteiger partial charge in [0.1, 0.15) is 0 Å². The minimum atomic E-state index is 0.165.